The van der Waals surface area contributed by atoms with Crippen molar-refractivity contribution in [2.24, 2.45) is 5.92 Å². The van der Waals surface area contributed by atoms with E-state index in [1.165, 1.54) is 0 Å². The first-order valence-corrected chi connectivity index (χ1v) is 7.42. The number of carbonyl (C=O) groups is 1. The van der Waals surface area contributed by atoms with E-state index in [1.54, 1.807) is 6.92 Å². The van der Waals surface area contributed by atoms with Crippen LogP contribution in [0.5, 0.6) is 0 Å². The van der Waals surface area contributed by atoms with Gasteiger partial charge in [-0.1, -0.05) is 0 Å². The molecule has 0 aromatic heterocycles. The number of β-amino-alcohol motifs (C(OH)–C–C–N with tert-alkyl or cyclic N) is 1. The van der Waals surface area contributed by atoms with Gasteiger partial charge in [0.15, 0.2) is 0 Å². The number of aliphatic hydroxyl groups is 1. The third-order valence-electron chi connectivity index (χ3n) is 4.58. The number of rotatable bonds is 5. The molecular formula is C14H22F3NO3. The minimum absolute atomic E-state index is 0.0675. The highest BCUT2D eigenvalue weighted by molar-refractivity contribution is 5.72. The Morgan fingerprint density at radius 2 is 1.86 bits per heavy atom. The molecule has 0 saturated heterocycles. The Morgan fingerprint density at radius 3 is 2.29 bits per heavy atom. The molecule has 2 N–H and O–H groups in total. The van der Waals surface area contributed by atoms with Gasteiger partial charge in [-0.3, -0.25) is 4.79 Å². The van der Waals surface area contributed by atoms with Crippen LogP contribution < -0.4 is 5.32 Å². The maximum atomic E-state index is 12.8. The minimum Gasteiger partial charge on any atom is -0.466 e. The number of halogens is 3. The molecule has 21 heavy (non-hydrogen) atoms. The maximum absolute atomic E-state index is 12.8. The summed E-state index contributed by atoms with van der Waals surface area (Å²) in [5, 5.41) is 12.9. The van der Waals surface area contributed by atoms with Crippen molar-refractivity contribution in [1.82, 2.24) is 5.32 Å². The van der Waals surface area contributed by atoms with Crippen LogP contribution >= 0.6 is 0 Å². The van der Waals surface area contributed by atoms with Gasteiger partial charge in [-0.25, -0.2) is 0 Å². The number of alkyl halides is 3. The van der Waals surface area contributed by atoms with Gasteiger partial charge in [0.1, 0.15) is 5.54 Å². The second-order valence-electron chi connectivity index (χ2n) is 6.18. The molecule has 0 heterocycles. The molecule has 0 aromatic carbocycles. The van der Waals surface area contributed by atoms with Gasteiger partial charge in [-0.15, -0.1) is 0 Å². The van der Waals surface area contributed by atoms with Crippen molar-refractivity contribution in [3.8, 4) is 0 Å². The van der Waals surface area contributed by atoms with E-state index >= 15 is 0 Å². The van der Waals surface area contributed by atoms with Crippen molar-refractivity contribution in [1.29, 1.82) is 0 Å². The number of carbonyl (C=O) groups excluding carboxylic acids is 1. The smallest absolute Gasteiger partial charge is 0.406 e. The highest BCUT2D eigenvalue weighted by atomic mass is 19.4. The molecule has 7 heteroatoms. The zero-order valence-corrected chi connectivity index (χ0v) is 12.1. The Bertz CT molecular complexity index is 385. The lowest BCUT2D eigenvalue weighted by Gasteiger charge is -2.36. The topological polar surface area (TPSA) is 58.6 Å². The molecule has 0 aromatic rings. The molecule has 2 fully saturated rings. The second-order valence-corrected chi connectivity index (χ2v) is 6.18. The van der Waals surface area contributed by atoms with Gasteiger partial charge in [0, 0.05) is 6.54 Å². The summed E-state index contributed by atoms with van der Waals surface area (Å²) in [6.45, 7) is 1.96. The van der Waals surface area contributed by atoms with Crippen molar-refractivity contribution in [2.75, 3.05) is 13.2 Å². The van der Waals surface area contributed by atoms with E-state index in [0.29, 0.717) is 32.3 Å². The summed E-state index contributed by atoms with van der Waals surface area (Å²) in [4.78, 5) is 11.6. The maximum Gasteiger partial charge on any atom is 0.406 e. The van der Waals surface area contributed by atoms with E-state index in [4.69, 9.17) is 4.74 Å². The van der Waals surface area contributed by atoms with Crippen LogP contribution in [-0.4, -0.2) is 41.5 Å². The van der Waals surface area contributed by atoms with Gasteiger partial charge in [-0.2, -0.15) is 13.2 Å². The molecule has 2 aliphatic carbocycles. The molecule has 0 aliphatic heterocycles. The fourth-order valence-corrected chi connectivity index (χ4v) is 2.85. The molecule has 0 spiro atoms. The average Bonchev–Trinajstić information content (AvgIpc) is 3.18. The predicted molar refractivity (Wildman–Crippen MR) is 69.6 cm³/mol. The summed E-state index contributed by atoms with van der Waals surface area (Å²) in [5.74, 6) is -0.524. The van der Waals surface area contributed by atoms with E-state index in [9.17, 15) is 23.1 Å². The zero-order chi connectivity index (χ0) is 15.7. The SMILES string of the molecule is CCOC(=O)C1CCC(O)(CNC2(C(F)(F)F)CC2)CC1. The van der Waals surface area contributed by atoms with E-state index in [2.05, 4.69) is 5.32 Å². The van der Waals surface area contributed by atoms with Crippen LogP contribution in [0.1, 0.15) is 45.4 Å². The average molecular weight is 309 g/mol. The van der Waals surface area contributed by atoms with Crippen LogP contribution in [0.3, 0.4) is 0 Å². The number of ether oxygens (including phenoxy) is 1. The van der Waals surface area contributed by atoms with E-state index in [0.717, 1.165) is 0 Å². The van der Waals surface area contributed by atoms with Gasteiger partial charge in [0.05, 0.1) is 18.1 Å². The molecular weight excluding hydrogens is 287 g/mol. The van der Waals surface area contributed by atoms with Gasteiger partial charge >= 0.3 is 12.1 Å². The van der Waals surface area contributed by atoms with Crippen LogP contribution in [0, 0.1) is 5.92 Å². The Hall–Kier alpha value is -0.820. The zero-order valence-electron chi connectivity index (χ0n) is 12.1. The lowest BCUT2D eigenvalue weighted by molar-refractivity contribution is -0.169. The largest absolute Gasteiger partial charge is 0.466 e. The molecule has 2 saturated carbocycles. The lowest BCUT2D eigenvalue weighted by atomic mass is 9.78. The molecule has 2 aliphatic rings. The monoisotopic (exact) mass is 309 g/mol. The first-order chi connectivity index (χ1) is 9.71. The lowest BCUT2D eigenvalue weighted by Crippen LogP contribution is -2.53. The number of hydrogen-bond acceptors (Lipinski definition) is 4. The van der Waals surface area contributed by atoms with Crippen LogP contribution in [0.15, 0.2) is 0 Å². The van der Waals surface area contributed by atoms with Crippen LogP contribution in [0.2, 0.25) is 0 Å². The minimum atomic E-state index is -4.27. The van der Waals surface area contributed by atoms with E-state index in [-0.39, 0.29) is 31.3 Å². The van der Waals surface area contributed by atoms with Crippen molar-refractivity contribution in [2.45, 2.75) is 62.8 Å². The third kappa shape index (κ3) is 3.69. The summed E-state index contributed by atoms with van der Waals surface area (Å²) < 4.78 is 43.4. The van der Waals surface area contributed by atoms with Crippen LogP contribution in [-0.2, 0) is 9.53 Å². The summed E-state index contributed by atoms with van der Waals surface area (Å²) in [5.41, 5.74) is -2.97. The third-order valence-corrected chi connectivity index (χ3v) is 4.58. The van der Waals surface area contributed by atoms with Crippen molar-refractivity contribution >= 4 is 5.97 Å². The highest BCUT2D eigenvalue weighted by Crippen LogP contribution is 2.49. The Morgan fingerprint density at radius 1 is 1.29 bits per heavy atom. The summed E-state index contributed by atoms with van der Waals surface area (Å²) in [7, 11) is 0. The number of nitrogens with one attached hydrogen (secondary N) is 1. The standard InChI is InChI=1S/C14H22F3NO3/c1-2-21-11(19)10-3-5-12(20,6-4-10)9-18-13(7-8-13)14(15,16)17/h10,18,20H,2-9H2,1H3. The first kappa shape index (κ1) is 16.5. The molecule has 0 radical (unpaired) electrons. The van der Waals surface area contributed by atoms with Crippen molar-refractivity contribution in [3.63, 3.8) is 0 Å². The fourth-order valence-electron chi connectivity index (χ4n) is 2.85. The van der Waals surface area contributed by atoms with Crippen molar-refractivity contribution in [3.05, 3.63) is 0 Å². The predicted octanol–water partition coefficient (Wildman–Crippen LogP) is 2.16. The Balaban J connectivity index is 1.82. The summed E-state index contributed by atoms with van der Waals surface area (Å²) in [6, 6.07) is 0. The fraction of sp³-hybridized carbons (Fsp3) is 0.929. The molecule has 0 amide bonds. The van der Waals surface area contributed by atoms with Gasteiger partial charge in [-0.05, 0) is 45.4 Å². The quantitative estimate of drug-likeness (QED) is 0.764. The molecule has 2 rings (SSSR count). The molecule has 122 valence electrons. The Labute approximate surface area is 122 Å². The molecule has 0 atom stereocenters. The number of hydrogen-bond donors (Lipinski definition) is 2. The summed E-state index contributed by atoms with van der Waals surface area (Å²) in [6.07, 6.45) is -2.59. The van der Waals surface area contributed by atoms with Crippen LogP contribution in [0.4, 0.5) is 13.2 Å². The highest BCUT2D eigenvalue weighted by Gasteiger charge is 2.63. The summed E-state index contributed by atoms with van der Waals surface area (Å²) >= 11 is 0. The van der Waals surface area contributed by atoms with E-state index < -0.39 is 17.3 Å². The van der Waals surface area contributed by atoms with Gasteiger partial charge in [0.25, 0.3) is 0 Å². The number of esters is 1. The van der Waals surface area contributed by atoms with Gasteiger partial charge in [0.2, 0.25) is 0 Å². The van der Waals surface area contributed by atoms with Gasteiger partial charge < -0.3 is 15.2 Å². The first-order valence-electron chi connectivity index (χ1n) is 7.42. The molecule has 4 nitrogen and oxygen atoms in total. The van der Waals surface area contributed by atoms with Crippen molar-refractivity contribution < 1.29 is 27.8 Å². The van der Waals surface area contributed by atoms with E-state index in [1.807, 2.05) is 0 Å². The molecule has 0 unspecified atom stereocenters. The Kier molecular flexibility index (Phi) is 4.54. The van der Waals surface area contributed by atoms with Crippen LogP contribution in [0.25, 0.3) is 0 Å². The normalized spacial score (nSPS) is 31.8. The second kappa shape index (κ2) is 5.76. The molecule has 0 bridgehead atoms.